The van der Waals surface area contributed by atoms with Crippen LogP contribution in [-0.4, -0.2) is 33.3 Å². The Morgan fingerprint density at radius 3 is 2.18 bits per heavy atom. The third-order valence-electron chi connectivity index (χ3n) is 4.27. The smallest absolute Gasteiger partial charge is 0.142 e. The fraction of sp³-hybridized carbons (Fsp3) is 0.333. The molecule has 0 amide bonds. The molecular weight excluding hydrogens is 274 g/mol. The zero-order valence-corrected chi connectivity index (χ0v) is 13.2. The Hall–Kier alpha value is -2.36. The number of nitrogens with zero attached hydrogens (tertiary/aromatic N) is 2. The van der Waals surface area contributed by atoms with Crippen molar-refractivity contribution in [2.45, 2.75) is 6.92 Å². The third kappa shape index (κ3) is 2.82. The van der Waals surface area contributed by atoms with Gasteiger partial charge in [-0.05, 0) is 42.8 Å². The number of rotatable bonds is 3. The standard InChI is InChI=1S/C18H23N3O/c1-14-13-15(19)7-8-16(14)20-9-11-21(12-10-20)17-5-3-4-6-18(17)22-2/h3-8,13H,9-12,19H2,1-2H3. The molecule has 0 unspecified atom stereocenters. The van der Waals surface area contributed by atoms with Crippen molar-refractivity contribution in [1.82, 2.24) is 0 Å². The van der Waals surface area contributed by atoms with Gasteiger partial charge in [0.05, 0.1) is 12.8 Å². The summed E-state index contributed by atoms with van der Waals surface area (Å²) < 4.78 is 5.47. The largest absolute Gasteiger partial charge is 0.495 e. The van der Waals surface area contributed by atoms with Crippen molar-refractivity contribution < 1.29 is 4.74 Å². The highest BCUT2D eigenvalue weighted by Gasteiger charge is 2.20. The van der Waals surface area contributed by atoms with Gasteiger partial charge in [0, 0.05) is 37.6 Å². The number of aryl methyl sites for hydroxylation is 1. The molecule has 1 fully saturated rings. The lowest BCUT2D eigenvalue weighted by molar-refractivity contribution is 0.413. The molecule has 2 N–H and O–H groups in total. The Morgan fingerprint density at radius 2 is 1.55 bits per heavy atom. The van der Waals surface area contributed by atoms with Crippen molar-refractivity contribution in [3.63, 3.8) is 0 Å². The molecule has 0 bridgehead atoms. The van der Waals surface area contributed by atoms with Crippen molar-refractivity contribution in [3.05, 3.63) is 48.0 Å². The van der Waals surface area contributed by atoms with Gasteiger partial charge in [0.25, 0.3) is 0 Å². The summed E-state index contributed by atoms with van der Waals surface area (Å²) in [6, 6.07) is 14.4. The molecule has 0 aliphatic carbocycles. The zero-order chi connectivity index (χ0) is 15.5. The summed E-state index contributed by atoms with van der Waals surface area (Å²) >= 11 is 0. The van der Waals surface area contributed by atoms with E-state index in [-0.39, 0.29) is 0 Å². The van der Waals surface area contributed by atoms with Gasteiger partial charge in [-0.25, -0.2) is 0 Å². The number of hydrogen-bond donors (Lipinski definition) is 1. The average molecular weight is 297 g/mol. The highest BCUT2D eigenvalue weighted by atomic mass is 16.5. The van der Waals surface area contributed by atoms with Crippen LogP contribution >= 0.6 is 0 Å². The van der Waals surface area contributed by atoms with Gasteiger partial charge in [-0.15, -0.1) is 0 Å². The van der Waals surface area contributed by atoms with E-state index in [1.165, 1.54) is 16.9 Å². The molecule has 2 aromatic rings. The van der Waals surface area contributed by atoms with Crippen molar-refractivity contribution in [1.29, 1.82) is 0 Å². The fourth-order valence-corrected chi connectivity index (χ4v) is 3.11. The normalized spacial score (nSPS) is 15.0. The van der Waals surface area contributed by atoms with Gasteiger partial charge in [0.2, 0.25) is 0 Å². The number of nitrogens with two attached hydrogens (primary N) is 1. The molecule has 0 aromatic heterocycles. The number of anilines is 3. The van der Waals surface area contributed by atoms with Gasteiger partial charge >= 0.3 is 0 Å². The SMILES string of the molecule is COc1ccccc1N1CCN(c2ccc(N)cc2C)CC1. The highest BCUT2D eigenvalue weighted by Crippen LogP contribution is 2.30. The van der Waals surface area contributed by atoms with Crippen LogP contribution in [0, 0.1) is 6.92 Å². The first-order valence-corrected chi connectivity index (χ1v) is 7.68. The quantitative estimate of drug-likeness (QED) is 0.885. The maximum absolute atomic E-state index is 5.85. The van der Waals surface area contributed by atoms with Crippen LogP contribution in [-0.2, 0) is 0 Å². The van der Waals surface area contributed by atoms with Crippen molar-refractivity contribution in [3.8, 4) is 5.75 Å². The molecule has 0 spiro atoms. The van der Waals surface area contributed by atoms with E-state index in [1.807, 2.05) is 24.3 Å². The van der Waals surface area contributed by atoms with E-state index in [9.17, 15) is 0 Å². The Morgan fingerprint density at radius 1 is 0.909 bits per heavy atom. The molecule has 1 saturated heterocycles. The number of piperazine rings is 1. The van der Waals surface area contributed by atoms with E-state index in [1.54, 1.807) is 7.11 Å². The van der Waals surface area contributed by atoms with Gasteiger partial charge in [0.15, 0.2) is 0 Å². The second-order valence-electron chi connectivity index (χ2n) is 5.69. The van der Waals surface area contributed by atoms with Crippen LogP contribution in [0.4, 0.5) is 17.1 Å². The molecule has 1 aliphatic heterocycles. The van der Waals surface area contributed by atoms with E-state index in [0.29, 0.717) is 0 Å². The molecule has 22 heavy (non-hydrogen) atoms. The highest BCUT2D eigenvalue weighted by molar-refractivity contribution is 5.62. The van der Waals surface area contributed by atoms with Crippen molar-refractivity contribution in [2.24, 2.45) is 0 Å². The minimum absolute atomic E-state index is 0.828. The van der Waals surface area contributed by atoms with Crippen molar-refractivity contribution in [2.75, 3.05) is 48.8 Å². The number of nitrogen functional groups attached to an aromatic ring is 1. The van der Waals surface area contributed by atoms with E-state index in [4.69, 9.17) is 10.5 Å². The molecule has 3 rings (SSSR count). The summed E-state index contributed by atoms with van der Waals surface area (Å²) in [6.07, 6.45) is 0. The molecule has 1 heterocycles. The lowest BCUT2D eigenvalue weighted by atomic mass is 10.1. The van der Waals surface area contributed by atoms with Crippen LogP contribution in [0.1, 0.15) is 5.56 Å². The molecular formula is C18H23N3O. The fourth-order valence-electron chi connectivity index (χ4n) is 3.11. The van der Waals surface area contributed by atoms with Crippen LogP contribution in [0.3, 0.4) is 0 Å². The van der Waals surface area contributed by atoms with Crippen LogP contribution in [0.15, 0.2) is 42.5 Å². The van der Waals surface area contributed by atoms with Gasteiger partial charge in [0.1, 0.15) is 5.75 Å². The summed E-state index contributed by atoms with van der Waals surface area (Å²) in [5.41, 5.74) is 10.4. The molecule has 0 atom stereocenters. The topological polar surface area (TPSA) is 41.7 Å². The molecule has 116 valence electrons. The Labute approximate surface area is 132 Å². The van der Waals surface area contributed by atoms with Gasteiger partial charge in [-0.2, -0.15) is 0 Å². The number of para-hydroxylation sites is 2. The van der Waals surface area contributed by atoms with E-state index < -0.39 is 0 Å². The van der Waals surface area contributed by atoms with E-state index in [2.05, 4.69) is 34.9 Å². The predicted molar refractivity (Wildman–Crippen MR) is 93.0 cm³/mol. The Kier molecular flexibility index (Phi) is 4.09. The maximum Gasteiger partial charge on any atom is 0.142 e. The average Bonchev–Trinajstić information content (AvgIpc) is 2.55. The molecule has 4 heteroatoms. The summed E-state index contributed by atoms with van der Waals surface area (Å²) in [6.45, 7) is 6.11. The lowest BCUT2D eigenvalue weighted by Gasteiger charge is -2.38. The molecule has 2 aromatic carbocycles. The van der Waals surface area contributed by atoms with Crippen LogP contribution in [0.25, 0.3) is 0 Å². The van der Waals surface area contributed by atoms with Gasteiger partial charge < -0.3 is 20.3 Å². The molecule has 0 saturated carbocycles. The number of ether oxygens (including phenoxy) is 1. The summed E-state index contributed by atoms with van der Waals surface area (Å²) in [5.74, 6) is 0.944. The van der Waals surface area contributed by atoms with Gasteiger partial charge in [-0.3, -0.25) is 0 Å². The van der Waals surface area contributed by atoms with Crippen LogP contribution in [0.2, 0.25) is 0 Å². The van der Waals surface area contributed by atoms with Crippen LogP contribution in [0.5, 0.6) is 5.75 Å². The Bertz CT molecular complexity index is 649. The number of methoxy groups -OCH3 is 1. The molecule has 1 aliphatic rings. The summed E-state index contributed by atoms with van der Waals surface area (Å²) in [5, 5.41) is 0. The first-order valence-electron chi connectivity index (χ1n) is 7.68. The molecule has 4 nitrogen and oxygen atoms in total. The third-order valence-corrected chi connectivity index (χ3v) is 4.27. The lowest BCUT2D eigenvalue weighted by Crippen LogP contribution is -2.46. The summed E-state index contributed by atoms with van der Waals surface area (Å²) in [7, 11) is 1.73. The predicted octanol–water partition coefficient (Wildman–Crippen LogP) is 2.91. The maximum atomic E-state index is 5.85. The monoisotopic (exact) mass is 297 g/mol. The minimum Gasteiger partial charge on any atom is -0.495 e. The number of benzene rings is 2. The first kappa shape index (κ1) is 14.6. The number of hydrogen-bond acceptors (Lipinski definition) is 4. The second kappa shape index (κ2) is 6.18. The van der Waals surface area contributed by atoms with E-state index in [0.717, 1.165) is 37.6 Å². The first-order chi connectivity index (χ1) is 10.7. The zero-order valence-electron chi connectivity index (χ0n) is 13.2. The van der Waals surface area contributed by atoms with E-state index >= 15 is 0 Å². The minimum atomic E-state index is 0.828. The van der Waals surface area contributed by atoms with Crippen molar-refractivity contribution >= 4 is 17.1 Å². The second-order valence-corrected chi connectivity index (χ2v) is 5.69. The van der Waals surface area contributed by atoms with Gasteiger partial charge in [-0.1, -0.05) is 12.1 Å². The summed E-state index contributed by atoms with van der Waals surface area (Å²) in [4.78, 5) is 4.82. The molecule has 0 radical (unpaired) electrons. The van der Waals surface area contributed by atoms with Crippen LogP contribution < -0.4 is 20.3 Å². The Balaban J connectivity index is 1.72.